The minimum absolute atomic E-state index is 0.00348. The lowest BCUT2D eigenvalue weighted by Crippen LogP contribution is -2.49. The molecule has 1 atom stereocenters. The summed E-state index contributed by atoms with van der Waals surface area (Å²) in [6.45, 7) is 0.824. The molecule has 7 heteroatoms. The zero-order valence-electron chi connectivity index (χ0n) is 11.9. The average molecular weight is 313 g/mol. The largest absolute Gasteiger partial charge is 0.481 e. The van der Waals surface area contributed by atoms with Crippen LogP contribution in [0.2, 0.25) is 0 Å². The normalized spacial score (nSPS) is 18.3. The van der Waals surface area contributed by atoms with E-state index in [2.05, 4.69) is 0 Å². The van der Waals surface area contributed by atoms with E-state index >= 15 is 0 Å². The van der Waals surface area contributed by atoms with Crippen LogP contribution in [0.15, 0.2) is 18.2 Å². The Morgan fingerprint density at radius 1 is 1.36 bits per heavy atom. The van der Waals surface area contributed by atoms with Crippen LogP contribution in [0.3, 0.4) is 0 Å². The van der Waals surface area contributed by atoms with E-state index in [1.54, 1.807) is 0 Å². The number of rotatable bonds is 5. The molecule has 1 saturated heterocycles. The number of amides is 1. The fraction of sp³-hybridized carbons (Fsp3) is 0.467. The van der Waals surface area contributed by atoms with Gasteiger partial charge in [-0.1, -0.05) is 0 Å². The molecule has 0 radical (unpaired) electrons. The van der Waals surface area contributed by atoms with E-state index < -0.39 is 23.6 Å². The van der Waals surface area contributed by atoms with Gasteiger partial charge in [-0.15, -0.1) is 0 Å². The van der Waals surface area contributed by atoms with Crippen LogP contribution in [0.25, 0.3) is 0 Å². The maximum Gasteiger partial charge on any atom is 0.305 e. The number of hydrogen-bond donors (Lipinski definition) is 1. The third-order valence-corrected chi connectivity index (χ3v) is 3.57. The number of carboxylic acids is 1. The van der Waals surface area contributed by atoms with Crippen molar-refractivity contribution in [2.24, 2.45) is 0 Å². The van der Waals surface area contributed by atoms with Gasteiger partial charge >= 0.3 is 5.97 Å². The van der Waals surface area contributed by atoms with E-state index in [1.165, 1.54) is 4.90 Å². The summed E-state index contributed by atoms with van der Waals surface area (Å²) in [7, 11) is 0. The molecule has 1 amide bonds. The number of carbonyl (C=O) groups is 2. The van der Waals surface area contributed by atoms with Gasteiger partial charge in [-0.05, 0) is 30.2 Å². The molecule has 1 heterocycles. The van der Waals surface area contributed by atoms with Crippen molar-refractivity contribution in [1.29, 1.82) is 0 Å². The third-order valence-electron chi connectivity index (χ3n) is 3.57. The van der Waals surface area contributed by atoms with Gasteiger partial charge in [0.05, 0.1) is 25.7 Å². The predicted molar refractivity (Wildman–Crippen MR) is 73.3 cm³/mol. The summed E-state index contributed by atoms with van der Waals surface area (Å²) < 4.78 is 31.8. The van der Waals surface area contributed by atoms with Crippen molar-refractivity contribution >= 4 is 11.9 Å². The Bertz CT molecular complexity index is 564. The van der Waals surface area contributed by atoms with Gasteiger partial charge in [0.15, 0.2) is 0 Å². The molecule has 0 aromatic heterocycles. The zero-order chi connectivity index (χ0) is 16.1. The third kappa shape index (κ3) is 4.24. The molecule has 0 spiro atoms. The number of halogens is 2. The van der Waals surface area contributed by atoms with Crippen molar-refractivity contribution in [2.45, 2.75) is 25.3 Å². The van der Waals surface area contributed by atoms with Crippen LogP contribution in [0, 0.1) is 11.6 Å². The highest BCUT2D eigenvalue weighted by Crippen LogP contribution is 2.16. The quantitative estimate of drug-likeness (QED) is 0.896. The minimum Gasteiger partial charge on any atom is -0.481 e. The van der Waals surface area contributed by atoms with Crippen molar-refractivity contribution in [3.63, 3.8) is 0 Å². The molecule has 0 aliphatic carbocycles. The first kappa shape index (κ1) is 16.4. The standard InChI is InChI=1S/C15H17F2NO4/c16-11-2-3-13(17)10(7-11)1-4-14(19)18-5-6-22-9-12(18)8-15(20)21/h2-3,7,12H,1,4-6,8-9H2,(H,20,21). The maximum atomic E-state index is 13.5. The van der Waals surface area contributed by atoms with E-state index in [-0.39, 0.29) is 37.3 Å². The molecule has 120 valence electrons. The number of nitrogens with zero attached hydrogens (tertiary/aromatic N) is 1. The average Bonchev–Trinajstić information content (AvgIpc) is 2.48. The van der Waals surface area contributed by atoms with Crippen molar-refractivity contribution in [1.82, 2.24) is 4.90 Å². The number of carbonyl (C=O) groups excluding carboxylic acids is 1. The van der Waals surface area contributed by atoms with Crippen LogP contribution >= 0.6 is 0 Å². The second kappa shape index (κ2) is 7.31. The molecular weight excluding hydrogens is 296 g/mol. The molecule has 22 heavy (non-hydrogen) atoms. The summed E-state index contributed by atoms with van der Waals surface area (Å²) in [6, 6.07) is 2.59. The molecule has 5 nitrogen and oxygen atoms in total. The molecule has 1 fully saturated rings. The van der Waals surface area contributed by atoms with Crippen molar-refractivity contribution in [2.75, 3.05) is 19.8 Å². The second-order valence-electron chi connectivity index (χ2n) is 5.15. The van der Waals surface area contributed by atoms with Gasteiger partial charge in [-0.3, -0.25) is 9.59 Å². The highest BCUT2D eigenvalue weighted by molar-refractivity contribution is 5.78. The summed E-state index contributed by atoms with van der Waals surface area (Å²) in [4.78, 5) is 24.5. The SMILES string of the molecule is O=C(O)CC1COCCN1C(=O)CCc1cc(F)ccc1F. The van der Waals surface area contributed by atoms with Crippen LogP contribution in [-0.4, -0.2) is 47.7 Å². The Balaban J connectivity index is 1.97. The Morgan fingerprint density at radius 3 is 2.86 bits per heavy atom. The van der Waals surface area contributed by atoms with E-state index in [1.807, 2.05) is 0 Å². The number of morpholine rings is 1. The second-order valence-corrected chi connectivity index (χ2v) is 5.15. The van der Waals surface area contributed by atoms with E-state index in [0.717, 1.165) is 18.2 Å². The number of aryl methyl sites for hydroxylation is 1. The zero-order valence-corrected chi connectivity index (χ0v) is 11.9. The number of benzene rings is 1. The molecule has 1 aliphatic heterocycles. The summed E-state index contributed by atoms with van der Waals surface area (Å²) in [5.41, 5.74) is 0.136. The molecule has 1 unspecified atom stereocenters. The topological polar surface area (TPSA) is 66.8 Å². The lowest BCUT2D eigenvalue weighted by Gasteiger charge is -2.35. The summed E-state index contributed by atoms with van der Waals surface area (Å²) in [6.07, 6.45) is -0.129. The maximum absolute atomic E-state index is 13.5. The van der Waals surface area contributed by atoms with Crippen LogP contribution in [0.5, 0.6) is 0 Å². The van der Waals surface area contributed by atoms with Crippen LogP contribution < -0.4 is 0 Å². The van der Waals surface area contributed by atoms with Gasteiger partial charge < -0.3 is 14.7 Å². The Kier molecular flexibility index (Phi) is 5.43. The van der Waals surface area contributed by atoms with Crippen LogP contribution in [-0.2, 0) is 20.7 Å². The van der Waals surface area contributed by atoms with Crippen molar-refractivity contribution < 1.29 is 28.2 Å². The number of ether oxygens (including phenoxy) is 1. The smallest absolute Gasteiger partial charge is 0.305 e. The highest BCUT2D eigenvalue weighted by atomic mass is 19.1. The Hall–Kier alpha value is -2.02. The molecule has 2 rings (SSSR count). The highest BCUT2D eigenvalue weighted by Gasteiger charge is 2.28. The van der Waals surface area contributed by atoms with E-state index in [4.69, 9.17) is 9.84 Å². The minimum atomic E-state index is -1.01. The fourth-order valence-corrected chi connectivity index (χ4v) is 2.47. The van der Waals surface area contributed by atoms with Crippen LogP contribution in [0.4, 0.5) is 8.78 Å². The molecule has 1 aliphatic rings. The van der Waals surface area contributed by atoms with Gasteiger partial charge in [-0.25, -0.2) is 8.78 Å². The Labute approximate surface area is 126 Å². The van der Waals surface area contributed by atoms with E-state index in [9.17, 15) is 18.4 Å². The van der Waals surface area contributed by atoms with Crippen molar-refractivity contribution in [3.05, 3.63) is 35.4 Å². The molecule has 1 aromatic carbocycles. The molecule has 0 bridgehead atoms. The van der Waals surface area contributed by atoms with Gasteiger partial charge in [0, 0.05) is 13.0 Å². The van der Waals surface area contributed by atoms with Gasteiger partial charge in [0.2, 0.25) is 5.91 Å². The predicted octanol–water partition coefficient (Wildman–Crippen LogP) is 1.60. The molecular formula is C15H17F2NO4. The van der Waals surface area contributed by atoms with Gasteiger partial charge in [0.1, 0.15) is 11.6 Å². The summed E-state index contributed by atoms with van der Waals surface area (Å²) in [5, 5.41) is 8.86. The first-order chi connectivity index (χ1) is 10.5. The summed E-state index contributed by atoms with van der Waals surface area (Å²) in [5.74, 6) is -2.40. The first-order valence-electron chi connectivity index (χ1n) is 7.00. The molecule has 0 saturated carbocycles. The molecule has 1 N–H and O–H groups in total. The van der Waals surface area contributed by atoms with E-state index in [0.29, 0.717) is 13.2 Å². The molecule has 1 aromatic rings. The number of aliphatic carboxylic acids is 1. The number of carboxylic acid groups (broad SMARTS) is 1. The van der Waals surface area contributed by atoms with Crippen LogP contribution in [0.1, 0.15) is 18.4 Å². The lowest BCUT2D eigenvalue weighted by molar-refractivity contribution is -0.146. The number of hydrogen-bond acceptors (Lipinski definition) is 3. The van der Waals surface area contributed by atoms with Crippen molar-refractivity contribution in [3.8, 4) is 0 Å². The van der Waals surface area contributed by atoms with Gasteiger partial charge in [0.25, 0.3) is 0 Å². The lowest BCUT2D eigenvalue weighted by atomic mass is 10.1. The monoisotopic (exact) mass is 313 g/mol. The first-order valence-corrected chi connectivity index (χ1v) is 7.00. The van der Waals surface area contributed by atoms with Gasteiger partial charge in [-0.2, -0.15) is 0 Å². The summed E-state index contributed by atoms with van der Waals surface area (Å²) >= 11 is 0. The fourth-order valence-electron chi connectivity index (χ4n) is 2.47. The Morgan fingerprint density at radius 2 is 2.14 bits per heavy atom.